The molecule has 1 saturated heterocycles. The first-order valence-corrected chi connectivity index (χ1v) is 7.97. The Labute approximate surface area is 132 Å². The monoisotopic (exact) mass is 312 g/mol. The summed E-state index contributed by atoms with van der Waals surface area (Å²) in [5, 5.41) is 13.7. The van der Waals surface area contributed by atoms with Gasteiger partial charge >= 0.3 is 0 Å². The second-order valence-corrected chi connectivity index (χ2v) is 6.08. The number of rotatable bonds is 5. The normalized spacial score (nSPS) is 19.2. The summed E-state index contributed by atoms with van der Waals surface area (Å²) in [7, 11) is 1.55. The number of aromatic hydroxyl groups is 1. The predicted octanol–water partition coefficient (Wildman–Crippen LogP) is 3.05. The van der Waals surface area contributed by atoms with E-state index in [0.717, 1.165) is 38.2 Å². The molecule has 0 radical (unpaired) electrons. The summed E-state index contributed by atoms with van der Waals surface area (Å²) in [6.45, 7) is 8.54. The molecule has 0 saturated carbocycles. The molecule has 1 aromatic rings. The summed E-state index contributed by atoms with van der Waals surface area (Å²) in [4.78, 5) is 2.49. The third-order valence-corrected chi connectivity index (χ3v) is 4.63. The van der Waals surface area contributed by atoms with Gasteiger partial charge in [-0.25, -0.2) is 0 Å². The molecule has 118 valence electrons. The van der Waals surface area contributed by atoms with Crippen LogP contribution in [0.3, 0.4) is 0 Å². The van der Waals surface area contributed by atoms with Gasteiger partial charge < -0.3 is 15.2 Å². The van der Waals surface area contributed by atoms with Crippen molar-refractivity contribution in [2.24, 2.45) is 5.92 Å². The molecule has 1 unspecified atom stereocenters. The van der Waals surface area contributed by atoms with Crippen LogP contribution in [-0.4, -0.2) is 43.3 Å². The largest absolute Gasteiger partial charge is 0.503 e. The van der Waals surface area contributed by atoms with Gasteiger partial charge in [-0.05, 0) is 23.6 Å². The number of ether oxygens (including phenoxy) is 1. The lowest BCUT2D eigenvalue weighted by Crippen LogP contribution is -2.46. The number of piperazine rings is 1. The molecule has 0 aromatic heterocycles. The van der Waals surface area contributed by atoms with Crippen molar-refractivity contribution in [2.45, 2.75) is 26.3 Å². The van der Waals surface area contributed by atoms with Crippen LogP contribution in [0.5, 0.6) is 11.5 Å². The van der Waals surface area contributed by atoms with E-state index in [1.165, 1.54) is 0 Å². The van der Waals surface area contributed by atoms with Gasteiger partial charge in [0.1, 0.15) is 0 Å². The van der Waals surface area contributed by atoms with Crippen molar-refractivity contribution >= 4 is 11.6 Å². The number of halogens is 1. The van der Waals surface area contributed by atoms with Crippen molar-refractivity contribution in [1.29, 1.82) is 0 Å². The highest BCUT2D eigenvalue weighted by Gasteiger charge is 2.27. The molecule has 1 aliphatic heterocycles. The lowest BCUT2D eigenvalue weighted by Gasteiger charge is -2.38. The van der Waals surface area contributed by atoms with Crippen molar-refractivity contribution in [3.63, 3.8) is 0 Å². The van der Waals surface area contributed by atoms with E-state index in [-0.39, 0.29) is 5.75 Å². The maximum atomic E-state index is 9.93. The van der Waals surface area contributed by atoms with Crippen LogP contribution in [0.25, 0.3) is 0 Å². The van der Waals surface area contributed by atoms with Gasteiger partial charge in [0.15, 0.2) is 11.5 Å². The molecule has 2 N–H and O–H groups in total. The van der Waals surface area contributed by atoms with Gasteiger partial charge in [-0.2, -0.15) is 0 Å². The minimum Gasteiger partial charge on any atom is -0.503 e. The second kappa shape index (κ2) is 7.34. The molecule has 21 heavy (non-hydrogen) atoms. The van der Waals surface area contributed by atoms with Gasteiger partial charge in [-0.15, -0.1) is 0 Å². The number of hydrogen-bond donors (Lipinski definition) is 2. The summed E-state index contributed by atoms with van der Waals surface area (Å²) in [5.41, 5.74) is 1.12. The van der Waals surface area contributed by atoms with Crippen molar-refractivity contribution in [1.82, 2.24) is 10.2 Å². The number of nitrogens with zero attached hydrogens (tertiary/aromatic N) is 1. The molecule has 5 heteroatoms. The lowest BCUT2D eigenvalue weighted by molar-refractivity contribution is 0.128. The van der Waals surface area contributed by atoms with Crippen molar-refractivity contribution in [3.05, 3.63) is 22.7 Å². The number of benzene rings is 1. The molecule has 0 aliphatic carbocycles. The Hall–Kier alpha value is -0.970. The first-order chi connectivity index (χ1) is 10.1. The number of nitrogens with one attached hydrogen (secondary N) is 1. The van der Waals surface area contributed by atoms with Crippen LogP contribution in [0, 0.1) is 5.92 Å². The Morgan fingerprint density at radius 2 is 2.05 bits per heavy atom. The van der Waals surface area contributed by atoms with E-state index in [0.29, 0.717) is 22.7 Å². The Morgan fingerprint density at radius 3 is 2.62 bits per heavy atom. The summed E-state index contributed by atoms with van der Waals surface area (Å²) < 4.78 is 5.25. The maximum Gasteiger partial charge on any atom is 0.176 e. The zero-order chi connectivity index (χ0) is 15.4. The van der Waals surface area contributed by atoms with Gasteiger partial charge in [-0.3, -0.25) is 4.90 Å². The minimum atomic E-state index is 0.0196. The highest BCUT2D eigenvalue weighted by atomic mass is 35.5. The Kier molecular flexibility index (Phi) is 5.73. The fourth-order valence-electron chi connectivity index (χ4n) is 3.00. The van der Waals surface area contributed by atoms with E-state index in [9.17, 15) is 5.11 Å². The SMILES string of the molecule is CCC(C)[C@H](c1cc(Cl)c(O)c(OC)c1)N1CCNCC1. The fraction of sp³-hybridized carbons (Fsp3) is 0.625. The molecule has 2 rings (SSSR count). The molecule has 0 bridgehead atoms. The van der Waals surface area contributed by atoms with E-state index in [1.807, 2.05) is 12.1 Å². The summed E-state index contributed by atoms with van der Waals surface area (Å²) >= 11 is 6.17. The number of phenols is 1. The lowest BCUT2D eigenvalue weighted by atomic mass is 9.90. The molecule has 1 heterocycles. The molecular formula is C16H25ClN2O2. The van der Waals surface area contributed by atoms with Crippen LogP contribution in [0.15, 0.2) is 12.1 Å². The maximum absolute atomic E-state index is 9.93. The van der Waals surface area contributed by atoms with Gasteiger partial charge in [-0.1, -0.05) is 31.9 Å². The van der Waals surface area contributed by atoms with Crippen LogP contribution >= 0.6 is 11.6 Å². The molecule has 1 fully saturated rings. The number of methoxy groups -OCH3 is 1. The topological polar surface area (TPSA) is 44.7 Å². The van der Waals surface area contributed by atoms with Crippen LogP contribution in [0.1, 0.15) is 31.9 Å². The van der Waals surface area contributed by atoms with E-state index in [2.05, 4.69) is 24.1 Å². The van der Waals surface area contributed by atoms with Gasteiger partial charge in [0.2, 0.25) is 0 Å². The van der Waals surface area contributed by atoms with Crippen LogP contribution in [0.2, 0.25) is 5.02 Å². The quantitative estimate of drug-likeness (QED) is 0.877. The first-order valence-electron chi connectivity index (χ1n) is 7.59. The molecule has 1 aromatic carbocycles. The van der Waals surface area contributed by atoms with Crippen LogP contribution in [-0.2, 0) is 0 Å². The highest BCUT2D eigenvalue weighted by Crippen LogP contribution is 2.40. The predicted molar refractivity (Wildman–Crippen MR) is 86.3 cm³/mol. The minimum absolute atomic E-state index is 0.0196. The summed E-state index contributed by atoms with van der Waals surface area (Å²) in [5.74, 6) is 0.973. The second-order valence-electron chi connectivity index (χ2n) is 5.67. The van der Waals surface area contributed by atoms with Gasteiger partial charge in [0.25, 0.3) is 0 Å². The van der Waals surface area contributed by atoms with Crippen LogP contribution < -0.4 is 10.1 Å². The summed E-state index contributed by atoms with van der Waals surface area (Å²) in [6.07, 6.45) is 1.09. The first kappa shape index (κ1) is 16.4. The van der Waals surface area contributed by atoms with Gasteiger partial charge in [0.05, 0.1) is 12.1 Å². The average molecular weight is 313 g/mol. The third kappa shape index (κ3) is 3.62. The standard InChI is InChI=1S/C16H25ClN2O2/c1-4-11(2)15(19-7-5-18-6-8-19)12-9-13(17)16(20)14(10-12)21-3/h9-11,15,18,20H,4-8H2,1-3H3/t11?,15-/m1/s1. The van der Waals surface area contributed by atoms with E-state index >= 15 is 0 Å². The Morgan fingerprint density at radius 1 is 1.38 bits per heavy atom. The zero-order valence-electron chi connectivity index (χ0n) is 13.0. The van der Waals surface area contributed by atoms with Crippen molar-refractivity contribution < 1.29 is 9.84 Å². The van der Waals surface area contributed by atoms with Crippen molar-refractivity contribution in [2.75, 3.05) is 33.3 Å². The molecule has 0 spiro atoms. The van der Waals surface area contributed by atoms with E-state index in [1.54, 1.807) is 7.11 Å². The molecule has 4 nitrogen and oxygen atoms in total. The van der Waals surface area contributed by atoms with E-state index in [4.69, 9.17) is 16.3 Å². The van der Waals surface area contributed by atoms with Crippen LogP contribution in [0.4, 0.5) is 0 Å². The fourth-order valence-corrected chi connectivity index (χ4v) is 3.22. The van der Waals surface area contributed by atoms with Crippen molar-refractivity contribution in [3.8, 4) is 11.5 Å². The molecule has 2 atom stereocenters. The number of hydrogen-bond acceptors (Lipinski definition) is 4. The highest BCUT2D eigenvalue weighted by molar-refractivity contribution is 6.32. The average Bonchev–Trinajstić information content (AvgIpc) is 2.51. The van der Waals surface area contributed by atoms with Gasteiger partial charge in [0, 0.05) is 32.2 Å². The number of phenolic OH excluding ortho intramolecular Hbond substituents is 1. The Bertz CT molecular complexity index is 476. The Balaban J connectivity index is 2.38. The van der Waals surface area contributed by atoms with E-state index < -0.39 is 0 Å². The third-order valence-electron chi connectivity index (χ3n) is 4.34. The molecule has 0 amide bonds. The summed E-state index contributed by atoms with van der Waals surface area (Å²) in [6, 6.07) is 4.09. The smallest absolute Gasteiger partial charge is 0.176 e. The molecule has 1 aliphatic rings. The zero-order valence-corrected chi connectivity index (χ0v) is 13.8. The molecular weight excluding hydrogens is 288 g/mol.